The summed E-state index contributed by atoms with van der Waals surface area (Å²) in [4.78, 5) is 22.1. The molecule has 1 amide bonds. The Labute approximate surface area is 79.9 Å². The average molecular weight is 206 g/mol. The molecule has 76 valence electrons. The predicted octanol–water partition coefficient (Wildman–Crippen LogP) is -0.568. The van der Waals surface area contributed by atoms with Crippen LogP contribution in [0.25, 0.3) is 0 Å². The van der Waals surface area contributed by atoms with Crippen LogP contribution in [0, 0.1) is 0 Å². The fraction of sp³-hybridized carbons (Fsp3) is 0.714. The molecule has 0 saturated heterocycles. The van der Waals surface area contributed by atoms with Gasteiger partial charge in [0.05, 0.1) is 13.2 Å². The molecule has 0 saturated carbocycles. The molecule has 0 aliphatic heterocycles. The van der Waals surface area contributed by atoms with E-state index in [0.717, 1.165) is 0 Å². The summed E-state index contributed by atoms with van der Waals surface area (Å²) in [6.07, 6.45) is 0. The van der Waals surface area contributed by atoms with Crippen molar-refractivity contribution in [1.82, 2.24) is 10.4 Å². The number of methoxy groups -OCH3 is 1. The summed E-state index contributed by atoms with van der Waals surface area (Å²) >= 11 is 0. The van der Waals surface area contributed by atoms with Gasteiger partial charge in [0.2, 0.25) is 5.91 Å². The van der Waals surface area contributed by atoms with E-state index in [1.54, 1.807) is 13.8 Å². The molecule has 13 heavy (non-hydrogen) atoms. The van der Waals surface area contributed by atoms with Crippen LogP contribution in [-0.2, 0) is 14.3 Å². The van der Waals surface area contributed by atoms with E-state index in [0.29, 0.717) is 0 Å². The molecule has 0 aromatic heterocycles. The van der Waals surface area contributed by atoms with Gasteiger partial charge < -0.3 is 10.1 Å². The summed E-state index contributed by atoms with van der Waals surface area (Å²) in [5.74, 6) is -0.697. The molecule has 0 heterocycles. The van der Waals surface area contributed by atoms with E-state index >= 15 is 0 Å². The lowest BCUT2D eigenvalue weighted by molar-refractivity contribution is -0.144. The van der Waals surface area contributed by atoms with Crippen molar-refractivity contribution in [1.29, 1.82) is 0 Å². The normalized spacial score (nSPS) is 14.5. The monoisotopic (exact) mass is 206 g/mol. The van der Waals surface area contributed by atoms with Gasteiger partial charge in [-0.05, 0) is 13.8 Å². The molecule has 0 spiro atoms. The summed E-state index contributed by atoms with van der Waals surface area (Å²) < 4.78 is 4.45. The van der Waals surface area contributed by atoms with Crippen molar-refractivity contribution in [2.45, 2.75) is 25.9 Å². The molecule has 0 radical (unpaired) electrons. The number of carbonyl (C=O) groups excluding carboxylic acids is 2. The molecule has 2 N–H and O–H groups in total. The average Bonchev–Trinajstić information content (AvgIpc) is 2.14. The van der Waals surface area contributed by atoms with Crippen molar-refractivity contribution < 1.29 is 14.3 Å². The molecule has 0 aromatic carbocycles. The molecule has 0 rings (SSSR count). The third-order valence-corrected chi connectivity index (χ3v) is 2.06. The van der Waals surface area contributed by atoms with Gasteiger partial charge in [0.15, 0.2) is 0 Å². The van der Waals surface area contributed by atoms with Crippen molar-refractivity contribution in [3.63, 3.8) is 0 Å². The quantitative estimate of drug-likeness (QED) is 0.477. The summed E-state index contributed by atoms with van der Waals surface area (Å²) in [6, 6.07) is -0.963. The first-order valence-corrected chi connectivity index (χ1v) is 4.45. The number of hydrogen-bond acceptors (Lipinski definition) is 4. The van der Waals surface area contributed by atoms with Gasteiger partial charge in [0, 0.05) is 0 Å². The van der Waals surface area contributed by atoms with E-state index < -0.39 is 12.0 Å². The smallest absolute Gasteiger partial charge is 0.328 e. The number of amides is 1. The SMILES string of the molecule is COC(=O)[C@H](C)NC(=O)[C@@H](C)NP. The second kappa shape index (κ2) is 5.89. The summed E-state index contributed by atoms with van der Waals surface area (Å²) in [7, 11) is 3.51. The zero-order chi connectivity index (χ0) is 10.4. The van der Waals surface area contributed by atoms with E-state index in [2.05, 4.69) is 24.5 Å². The van der Waals surface area contributed by atoms with E-state index in [9.17, 15) is 9.59 Å². The van der Waals surface area contributed by atoms with E-state index in [1.807, 2.05) is 0 Å². The minimum atomic E-state index is -0.613. The molecule has 6 heteroatoms. The Kier molecular flexibility index (Phi) is 5.58. The zero-order valence-corrected chi connectivity index (χ0v) is 9.11. The maximum atomic E-state index is 11.2. The van der Waals surface area contributed by atoms with Crippen LogP contribution < -0.4 is 10.4 Å². The van der Waals surface area contributed by atoms with Gasteiger partial charge >= 0.3 is 5.97 Å². The molecular weight excluding hydrogens is 191 g/mol. The zero-order valence-electron chi connectivity index (χ0n) is 7.96. The van der Waals surface area contributed by atoms with Crippen molar-refractivity contribution in [2.24, 2.45) is 0 Å². The van der Waals surface area contributed by atoms with E-state index in [-0.39, 0.29) is 11.9 Å². The van der Waals surface area contributed by atoms with Crippen LogP contribution in [0.1, 0.15) is 13.8 Å². The summed E-state index contributed by atoms with van der Waals surface area (Å²) in [6.45, 7) is 3.26. The molecule has 0 aromatic rings. The van der Waals surface area contributed by atoms with E-state index in [4.69, 9.17) is 0 Å². The topological polar surface area (TPSA) is 67.4 Å². The molecule has 0 bridgehead atoms. The van der Waals surface area contributed by atoms with Crippen LogP contribution >= 0.6 is 9.39 Å². The highest BCUT2D eigenvalue weighted by Gasteiger charge is 2.18. The van der Waals surface area contributed by atoms with Crippen LogP contribution in [0.4, 0.5) is 0 Å². The molecule has 5 nitrogen and oxygen atoms in total. The maximum Gasteiger partial charge on any atom is 0.328 e. The lowest BCUT2D eigenvalue weighted by Crippen LogP contribution is -2.46. The van der Waals surface area contributed by atoms with Crippen molar-refractivity contribution in [3.05, 3.63) is 0 Å². The third-order valence-electron chi connectivity index (χ3n) is 1.56. The van der Waals surface area contributed by atoms with Crippen LogP contribution in [0.5, 0.6) is 0 Å². The second-order valence-electron chi connectivity index (χ2n) is 2.64. The molecular formula is C7H15N2O3P. The first-order valence-electron chi connectivity index (χ1n) is 3.87. The maximum absolute atomic E-state index is 11.2. The largest absolute Gasteiger partial charge is 0.467 e. The van der Waals surface area contributed by atoms with Crippen LogP contribution in [-0.4, -0.2) is 31.1 Å². The number of carbonyl (C=O) groups is 2. The molecule has 0 aliphatic carbocycles. The van der Waals surface area contributed by atoms with Gasteiger partial charge in [0.1, 0.15) is 6.04 Å². The number of ether oxygens (including phenoxy) is 1. The Bertz CT molecular complexity index is 198. The van der Waals surface area contributed by atoms with Gasteiger partial charge in [-0.15, -0.1) is 0 Å². The van der Waals surface area contributed by atoms with Crippen LogP contribution in [0.2, 0.25) is 0 Å². The number of esters is 1. The van der Waals surface area contributed by atoms with Gasteiger partial charge in [0.25, 0.3) is 0 Å². The second-order valence-corrected chi connectivity index (χ2v) is 2.98. The Morgan fingerprint density at radius 1 is 1.31 bits per heavy atom. The first-order chi connectivity index (χ1) is 6.02. The molecule has 3 atom stereocenters. The van der Waals surface area contributed by atoms with Gasteiger partial charge in [-0.2, -0.15) is 0 Å². The fourth-order valence-corrected chi connectivity index (χ4v) is 0.801. The number of nitrogens with one attached hydrogen (secondary N) is 2. The molecule has 0 fully saturated rings. The van der Waals surface area contributed by atoms with Gasteiger partial charge in [-0.1, -0.05) is 9.39 Å². The van der Waals surface area contributed by atoms with E-state index in [1.165, 1.54) is 7.11 Å². The predicted molar refractivity (Wildman–Crippen MR) is 51.9 cm³/mol. The summed E-state index contributed by atoms with van der Waals surface area (Å²) in [5, 5.41) is 5.17. The fourth-order valence-electron chi connectivity index (χ4n) is 0.650. The minimum absolute atomic E-state index is 0.243. The minimum Gasteiger partial charge on any atom is -0.467 e. The third kappa shape index (κ3) is 4.20. The standard InChI is InChI=1S/C7H15N2O3P/c1-4(9-13)6(10)8-5(2)7(11)12-3/h4-5,9H,13H2,1-3H3,(H,8,10)/t4-,5+/m1/s1. The Balaban J connectivity index is 3.98. The lowest BCUT2D eigenvalue weighted by atomic mass is 10.3. The van der Waals surface area contributed by atoms with Crippen LogP contribution in [0.15, 0.2) is 0 Å². The first kappa shape index (κ1) is 12.3. The van der Waals surface area contributed by atoms with Crippen molar-refractivity contribution >= 4 is 21.3 Å². The Hall–Kier alpha value is -0.670. The highest BCUT2D eigenvalue weighted by atomic mass is 31.0. The highest BCUT2D eigenvalue weighted by molar-refractivity contribution is 7.13. The molecule has 1 unspecified atom stereocenters. The highest BCUT2D eigenvalue weighted by Crippen LogP contribution is 1.90. The van der Waals surface area contributed by atoms with Crippen molar-refractivity contribution in [3.8, 4) is 0 Å². The Morgan fingerprint density at radius 3 is 2.23 bits per heavy atom. The lowest BCUT2D eigenvalue weighted by Gasteiger charge is -2.14. The molecule has 0 aliphatic rings. The summed E-state index contributed by atoms with van der Waals surface area (Å²) in [5.41, 5.74) is 0. The van der Waals surface area contributed by atoms with Gasteiger partial charge in [-0.3, -0.25) is 9.88 Å². The van der Waals surface area contributed by atoms with Crippen molar-refractivity contribution in [2.75, 3.05) is 7.11 Å². The van der Waals surface area contributed by atoms with Gasteiger partial charge in [-0.25, -0.2) is 4.79 Å². The Morgan fingerprint density at radius 2 is 1.85 bits per heavy atom. The van der Waals surface area contributed by atoms with Crippen LogP contribution in [0.3, 0.4) is 0 Å². The number of rotatable bonds is 4. The number of hydrogen-bond donors (Lipinski definition) is 2.